The number of hydrogen-bond acceptors (Lipinski definition) is 3. The highest BCUT2D eigenvalue weighted by atomic mass is 79.9. The number of aromatic nitrogens is 1. The highest BCUT2D eigenvalue weighted by molar-refractivity contribution is 9.10. The van der Waals surface area contributed by atoms with E-state index in [4.69, 9.17) is 5.11 Å². The summed E-state index contributed by atoms with van der Waals surface area (Å²) in [5, 5.41) is 13.2. The first-order valence-corrected chi connectivity index (χ1v) is 6.91. The van der Waals surface area contributed by atoms with Crippen LogP contribution in [0.25, 0.3) is 10.9 Å². The number of carbonyl (C=O) groups is 1. The molecule has 19 heavy (non-hydrogen) atoms. The molecule has 100 valence electrons. The SMILES string of the molecule is CCNC(CC(=O)O)c1ccc(Br)c2cccnc12. The maximum absolute atomic E-state index is 11.0. The van der Waals surface area contributed by atoms with Gasteiger partial charge in [-0.15, -0.1) is 0 Å². The average molecular weight is 323 g/mol. The van der Waals surface area contributed by atoms with E-state index in [2.05, 4.69) is 26.2 Å². The quantitative estimate of drug-likeness (QED) is 0.887. The smallest absolute Gasteiger partial charge is 0.305 e. The van der Waals surface area contributed by atoms with Crippen molar-refractivity contribution in [1.82, 2.24) is 10.3 Å². The van der Waals surface area contributed by atoms with E-state index in [9.17, 15) is 4.79 Å². The molecule has 1 aromatic heterocycles. The fraction of sp³-hybridized carbons (Fsp3) is 0.286. The number of pyridine rings is 1. The first-order chi connectivity index (χ1) is 9.13. The molecule has 0 aliphatic heterocycles. The van der Waals surface area contributed by atoms with Crippen molar-refractivity contribution in [2.45, 2.75) is 19.4 Å². The van der Waals surface area contributed by atoms with Crippen molar-refractivity contribution >= 4 is 32.8 Å². The molecule has 0 saturated heterocycles. The number of hydrogen-bond donors (Lipinski definition) is 2. The molecule has 1 unspecified atom stereocenters. The molecule has 0 fully saturated rings. The molecule has 0 aliphatic rings. The van der Waals surface area contributed by atoms with Crippen LogP contribution in [0.4, 0.5) is 0 Å². The highest BCUT2D eigenvalue weighted by Gasteiger charge is 2.18. The normalized spacial score (nSPS) is 12.5. The van der Waals surface area contributed by atoms with Gasteiger partial charge in [-0.05, 0) is 24.2 Å². The summed E-state index contributed by atoms with van der Waals surface area (Å²) >= 11 is 3.49. The van der Waals surface area contributed by atoms with Crippen molar-refractivity contribution in [2.75, 3.05) is 6.54 Å². The summed E-state index contributed by atoms with van der Waals surface area (Å²) in [5.41, 5.74) is 1.76. The van der Waals surface area contributed by atoms with Crippen LogP contribution >= 0.6 is 15.9 Å². The van der Waals surface area contributed by atoms with Crippen LogP contribution in [0.3, 0.4) is 0 Å². The molecule has 2 aromatic rings. The summed E-state index contributed by atoms with van der Waals surface area (Å²) in [5.74, 6) is -0.821. The number of fused-ring (bicyclic) bond motifs is 1. The van der Waals surface area contributed by atoms with Gasteiger partial charge in [-0.25, -0.2) is 0 Å². The fourth-order valence-electron chi connectivity index (χ4n) is 2.15. The Morgan fingerprint density at radius 1 is 1.47 bits per heavy atom. The number of nitrogens with one attached hydrogen (secondary N) is 1. The Kier molecular flexibility index (Phi) is 4.50. The van der Waals surface area contributed by atoms with Gasteiger partial charge in [-0.2, -0.15) is 0 Å². The number of carboxylic acids is 1. The molecule has 0 bridgehead atoms. The topological polar surface area (TPSA) is 62.2 Å². The Morgan fingerprint density at radius 2 is 2.26 bits per heavy atom. The minimum absolute atomic E-state index is 0.0428. The van der Waals surface area contributed by atoms with Gasteiger partial charge in [0, 0.05) is 22.1 Å². The molecule has 0 radical (unpaired) electrons. The summed E-state index contributed by atoms with van der Waals surface area (Å²) in [4.78, 5) is 15.4. The van der Waals surface area contributed by atoms with E-state index in [0.717, 1.165) is 20.9 Å². The summed E-state index contributed by atoms with van der Waals surface area (Å²) in [6.45, 7) is 2.67. The monoisotopic (exact) mass is 322 g/mol. The second-order valence-electron chi connectivity index (χ2n) is 4.24. The van der Waals surface area contributed by atoms with E-state index in [1.165, 1.54) is 0 Å². The van der Waals surface area contributed by atoms with Crippen molar-refractivity contribution in [3.63, 3.8) is 0 Å². The molecule has 0 aliphatic carbocycles. The number of benzene rings is 1. The van der Waals surface area contributed by atoms with Gasteiger partial charge in [0.1, 0.15) is 0 Å². The summed E-state index contributed by atoms with van der Waals surface area (Å²) in [6, 6.07) is 7.48. The Morgan fingerprint density at radius 3 is 2.95 bits per heavy atom. The van der Waals surface area contributed by atoms with Crippen LogP contribution in [0.15, 0.2) is 34.9 Å². The summed E-state index contributed by atoms with van der Waals surface area (Å²) in [7, 11) is 0. The lowest BCUT2D eigenvalue weighted by atomic mass is 10.00. The van der Waals surface area contributed by atoms with Gasteiger partial charge in [0.2, 0.25) is 0 Å². The third kappa shape index (κ3) is 3.11. The Bertz CT molecular complexity index is 601. The largest absolute Gasteiger partial charge is 0.481 e. The predicted molar refractivity (Wildman–Crippen MR) is 78.1 cm³/mol. The van der Waals surface area contributed by atoms with Gasteiger partial charge in [-0.1, -0.05) is 35.0 Å². The zero-order chi connectivity index (χ0) is 13.8. The molecule has 1 aromatic carbocycles. The summed E-state index contributed by atoms with van der Waals surface area (Å²) < 4.78 is 0.963. The van der Waals surface area contributed by atoms with Crippen LogP contribution in [-0.2, 0) is 4.79 Å². The first kappa shape index (κ1) is 14.0. The van der Waals surface area contributed by atoms with Crippen molar-refractivity contribution < 1.29 is 9.90 Å². The number of carboxylic acid groups (broad SMARTS) is 1. The van der Waals surface area contributed by atoms with Gasteiger partial charge < -0.3 is 10.4 Å². The lowest BCUT2D eigenvalue weighted by Gasteiger charge is -2.18. The maximum Gasteiger partial charge on any atom is 0.305 e. The van der Waals surface area contributed by atoms with Crippen LogP contribution in [0.1, 0.15) is 24.9 Å². The van der Waals surface area contributed by atoms with Gasteiger partial charge in [0.15, 0.2) is 0 Å². The molecule has 2 N–H and O–H groups in total. The van der Waals surface area contributed by atoms with Crippen molar-refractivity contribution in [1.29, 1.82) is 0 Å². The first-order valence-electron chi connectivity index (χ1n) is 6.11. The lowest BCUT2D eigenvalue weighted by molar-refractivity contribution is -0.137. The van der Waals surface area contributed by atoms with Gasteiger partial charge in [-0.3, -0.25) is 9.78 Å². The second kappa shape index (κ2) is 6.12. The molecule has 0 saturated carbocycles. The molecule has 0 spiro atoms. The summed E-state index contributed by atoms with van der Waals surface area (Å²) in [6.07, 6.45) is 1.77. The van der Waals surface area contributed by atoms with E-state index in [-0.39, 0.29) is 12.5 Å². The van der Waals surface area contributed by atoms with Crippen LogP contribution in [0.5, 0.6) is 0 Å². The Hall–Kier alpha value is -1.46. The predicted octanol–water partition coefficient (Wildman–Crippen LogP) is 3.12. The maximum atomic E-state index is 11.0. The van der Waals surface area contributed by atoms with Crippen LogP contribution in [0, 0.1) is 0 Å². The number of rotatable bonds is 5. The van der Waals surface area contributed by atoms with Crippen molar-refractivity contribution in [3.8, 4) is 0 Å². The van der Waals surface area contributed by atoms with Gasteiger partial charge in [0.25, 0.3) is 0 Å². The highest BCUT2D eigenvalue weighted by Crippen LogP contribution is 2.29. The molecule has 1 heterocycles. The van der Waals surface area contributed by atoms with Crippen LogP contribution in [0.2, 0.25) is 0 Å². The van der Waals surface area contributed by atoms with Gasteiger partial charge in [0.05, 0.1) is 11.9 Å². The molecule has 4 nitrogen and oxygen atoms in total. The molecule has 5 heteroatoms. The molecule has 0 amide bonds. The second-order valence-corrected chi connectivity index (χ2v) is 5.10. The van der Waals surface area contributed by atoms with Crippen LogP contribution < -0.4 is 5.32 Å². The zero-order valence-corrected chi connectivity index (χ0v) is 12.1. The van der Waals surface area contributed by atoms with E-state index >= 15 is 0 Å². The Labute approximate surface area is 120 Å². The van der Waals surface area contributed by atoms with E-state index in [0.29, 0.717) is 6.54 Å². The van der Waals surface area contributed by atoms with Crippen molar-refractivity contribution in [3.05, 3.63) is 40.5 Å². The molecule has 2 rings (SSSR count). The lowest BCUT2D eigenvalue weighted by Crippen LogP contribution is -2.24. The van der Waals surface area contributed by atoms with E-state index < -0.39 is 5.97 Å². The average Bonchev–Trinajstić information content (AvgIpc) is 2.39. The fourth-order valence-corrected chi connectivity index (χ4v) is 2.61. The number of nitrogens with zero attached hydrogens (tertiary/aromatic N) is 1. The van der Waals surface area contributed by atoms with Crippen LogP contribution in [-0.4, -0.2) is 22.6 Å². The minimum atomic E-state index is -0.821. The number of aliphatic carboxylic acids is 1. The van der Waals surface area contributed by atoms with Crippen molar-refractivity contribution in [2.24, 2.45) is 0 Å². The standard InChI is InChI=1S/C14H15BrN2O2/c1-2-16-12(8-13(18)19)10-5-6-11(15)9-4-3-7-17-14(9)10/h3-7,12,16H,2,8H2,1H3,(H,18,19). The molecule has 1 atom stereocenters. The van der Waals surface area contributed by atoms with E-state index in [1.807, 2.05) is 31.2 Å². The number of halogens is 1. The molecular formula is C14H15BrN2O2. The van der Waals surface area contributed by atoms with E-state index in [1.54, 1.807) is 6.20 Å². The third-order valence-corrected chi connectivity index (χ3v) is 3.64. The zero-order valence-electron chi connectivity index (χ0n) is 10.6. The Balaban J connectivity index is 2.53. The van der Waals surface area contributed by atoms with Gasteiger partial charge >= 0.3 is 5.97 Å². The minimum Gasteiger partial charge on any atom is -0.481 e. The molecular weight excluding hydrogens is 308 g/mol. The third-order valence-electron chi connectivity index (χ3n) is 2.95.